The molecular formula is C21H22N2O5S. The lowest BCUT2D eigenvalue weighted by Crippen LogP contribution is -2.36. The van der Waals surface area contributed by atoms with Gasteiger partial charge in [0.25, 0.3) is 5.91 Å². The van der Waals surface area contributed by atoms with E-state index in [-0.39, 0.29) is 11.3 Å². The SMILES string of the molecule is C[C@@H](OC(=O)c1ccc(CS(=O)(=O)CC#N)cc1)C(=O)NCCc1ccccc1. The predicted octanol–water partition coefficient (Wildman–Crippen LogP) is 2.03. The molecule has 0 aromatic heterocycles. The number of nitriles is 1. The predicted molar refractivity (Wildman–Crippen MR) is 108 cm³/mol. The average Bonchev–Trinajstić information content (AvgIpc) is 2.68. The molecule has 0 aliphatic heterocycles. The lowest BCUT2D eigenvalue weighted by Gasteiger charge is -2.14. The summed E-state index contributed by atoms with van der Waals surface area (Å²) in [6, 6.07) is 17.1. The molecule has 1 atom stereocenters. The Bertz CT molecular complexity index is 980. The molecule has 0 aliphatic carbocycles. The van der Waals surface area contributed by atoms with Crippen LogP contribution in [0.25, 0.3) is 0 Å². The Morgan fingerprint density at radius 2 is 1.72 bits per heavy atom. The summed E-state index contributed by atoms with van der Waals surface area (Å²) in [5.74, 6) is -1.92. The van der Waals surface area contributed by atoms with Crippen molar-refractivity contribution < 1.29 is 22.7 Å². The Kier molecular flexibility index (Phi) is 7.92. The number of carbonyl (C=O) groups excluding carboxylic acids is 2. The number of carbonyl (C=O) groups is 2. The molecule has 7 nitrogen and oxygen atoms in total. The number of nitrogens with one attached hydrogen (secondary N) is 1. The van der Waals surface area contributed by atoms with E-state index in [1.807, 2.05) is 30.3 Å². The van der Waals surface area contributed by atoms with E-state index in [9.17, 15) is 18.0 Å². The fraction of sp³-hybridized carbons (Fsp3) is 0.286. The second-order valence-electron chi connectivity index (χ2n) is 6.46. The van der Waals surface area contributed by atoms with Gasteiger partial charge in [-0.3, -0.25) is 4.79 Å². The minimum atomic E-state index is -3.51. The molecule has 8 heteroatoms. The highest BCUT2D eigenvalue weighted by Gasteiger charge is 2.19. The van der Waals surface area contributed by atoms with Crippen LogP contribution in [0, 0.1) is 11.3 Å². The molecule has 0 aliphatic rings. The summed E-state index contributed by atoms with van der Waals surface area (Å²) in [6.45, 7) is 1.91. The van der Waals surface area contributed by atoms with Crippen LogP contribution in [0.4, 0.5) is 0 Å². The van der Waals surface area contributed by atoms with Gasteiger partial charge in [-0.15, -0.1) is 0 Å². The Hall–Kier alpha value is -3.18. The number of benzene rings is 2. The highest BCUT2D eigenvalue weighted by atomic mass is 32.2. The molecule has 0 spiro atoms. The standard InChI is InChI=1S/C21H22N2O5S/c1-16(20(24)23-13-11-17-5-3-2-4-6-17)28-21(25)19-9-7-18(8-10-19)15-29(26,27)14-12-22/h2-10,16H,11,13-15H2,1H3,(H,23,24)/t16-/m1/s1. The van der Waals surface area contributed by atoms with Gasteiger partial charge in [-0.1, -0.05) is 42.5 Å². The van der Waals surface area contributed by atoms with Crippen molar-refractivity contribution in [3.63, 3.8) is 0 Å². The van der Waals surface area contributed by atoms with Crippen molar-refractivity contribution in [3.8, 4) is 6.07 Å². The maximum absolute atomic E-state index is 12.2. The number of esters is 1. The van der Waals surface area contributed by atoms with Crippen LogP contribution in [-0.4, -0.2) is 38.7 Å². The molecule has 0 saturated carbocycles. The van der Waals surface area contributed by atoms with Gasteiger partial charge in [0.2, 0.25) is 0 Å². The summed E-state index contributed by atoms with van der Waals surface area (Å²) in [6.07, 6.45) is -0.294. The highest BCUT2D eigenvalue weighted by molar-refractivity contribution is 7.90. The molecular weight excluding hydrogens is 392 g/mol. The monoisotopic (exact) mass is 414 g/mol. The number of hydrogen-bond donors (Lipinski definition) is 1. The van der Waals surface area contributed by atoms with Gasteiger partial charge in [-0.05, 0) is 36.6 Å². The molecule has 0 saturated heterocycles. The quantitative estimate of drug-likeness (QED) is 0.628. The molecule has 0 fully saturated rings. The van der Waals surface area contributed by atoms with Crippen molar-refractivity contribution in [1.82, 2.24) is 5.32 Å². The van der Waals surface area contributed by atoms with Crippen LogP contribution >= 0.6 is 0 Å². The van der Waals surface area contributed by atoms with Crippen LogP contribution in [0.2, 0.25) is 0 Å². The summed E-state index contributed by atoms with van der Waals surface area (Å²) in [5, 5.41) is 11.2. The van der Waals surface area contributed by atoms with E-state index in [0.717, 1.165) is 5.56 Å². The van der Waals surface area contributed by atoms with E-state index >= 15 is 0 Å². The third kappa shape index (κ3) is 7.39. The molecule has 0 heterocycles. The van der Waals surface area contributed by atoms with Gasteiger partial charge in [0.1, 0.15) is 5.75 Å². The fourth-order valence-electron chi connectivity index (χ4n) is 2.54. The second kappa shape index (κ2) is 10.4. The van der Waals surface area contributed by atoms with Gasteiger partial charge in [0, 0.05) is 6.54 Å². The summed E-state index contributed by atoms with van der Waals surface area (Å²) >= 11 is 0. The molecule has 0 radical (unpaired) electrons. The third-order valence-corrected chi connectivity index (χ3v) is 5.41. The zero-order valence-corrected chi connectivity index (χ0v) is 16.8. The first-order valence-electron chi connectivity index (χ1n) is 8.99. The largest absolute Gasteiger partial charge is 0.449 e. The van der Waals surface area contributed by atoms with Crippen molar-refractivity contribution in [2.24, 2.45) is 0 Å². The molecule has 0 bridgehead atoms. The zero-order valence-electron chi connectivity index (χ0n) is 16.0. The van der Waals surface area contributed by atoms with Gasteiger partial charge in [-0.2, -0.15) is 5.26 Å². The van der Waals surface area contributed by atoms with Gasteiger partial charge in [0.15, 0.2) is 15.9 Å². The van der Waals surface area contributed by atoms with Crippen molar-refractivity contribution in [3.05, 3.63) is 71.3 Å². The Labute approximate surface area is 170 Å². The Morgan fingerprint density at radius 3 is 2.34 bits per heavy atom. The minimum Gasteiger partial charge on any atom is -0.449 e. The van der Waals surface area contributed by atoms with E-state index in [0.29, 0.717) is 18.5 Å². The van der Waals surface area contributed by atoms with E-state index in [2.05, 4.69) is 5.32 Å². The number of amides is 1. The van der Waals surface area contributed by atoms with Gasteiger partial charge in [0.05, 0.1) is 17.4 Å². The molecule has 29 heavy (non-hydrogen) atoms. The van der Waals surface area contributed by atoms with Gasteiger partial charge >= 0.3 is 5.97 Å². The lowest BCUT2D eigenvalue weighted by molar-refractivity contribution is -0.129. The first-order valence-corrected chi connectivity index (χ1v) is 10.8. The maximum Gasteiger partial charge on any atom is 0.338 e. The summed E-state index contributed by atoms with van der Waals surface area (Å²) in [7, 11) is -3.51. The van der Waals surface area contributed by atoms with Crippen LogP contribution in [0.1, 0.15) is 28.4 Å². The van der Waals surface area contributed by atoms with Crippen molar-refractivity contribution in [2.45, 2.75) is 25.2 Å². The zero-order chi connectivity index (χ0) is 21.3. The maximum atomic E-state index is 12.2. The van der Waals surface area contributed by atoms with Crippen LogP contribution in [0.15, 0.2) is 54.6 Å². The van der Waals surface area contributed by atoms with E-state index in [1.54, 1.807) is 6.07 Å². The molecule has 1 N–H and O–H groups in total. The summed E-state index contributed by atoms with van der Waals surface area (Å²) in [4.78, 5) is 24.3. The smallest absolute Gasteiger partial charge is 0.338 e. The number of hydrogen-bond acceptors (Lipinski definition) is 6. The van der Waals surface area contributed by atoms with E-state index in [4.69, 9.17) is 10.00 Å². The molecule has 1 amide bonds. The summed E-state index contributed by atoms with van der Waals surface area (Å²) in [5.41, 5.74) is 1.76. The van der Waals surface area contributed by atoms with E-state index in [1.165, 1.54) is 31.2 Å². The lowest BCUT2D eigenvalue weighted by atomic mass is 10.1. The first-order chi connectivity index (χ1) is 13.8. The molecule has 2 rings (SSSR count). The number of nitrogens with zero attached hydrogens (tertiary/aromatic N) is 1. The third-order valence-electron chi connectivity index (χ3n) is 4.07. The van der Waals surface area contributed by atoms with Crippen molar-refractivity contribution >= 4 is 21.7 Å². The number of rotatable bonds is 9. The summed E-state index contributed by atoms with van der Waals surface area (Å²) < 4.78 is 28.5. The Balaban J connectivity index is 1.83. The van der Waals surface area contributed by atoms with E-state index < -0.39 is 33.6 Å². The number of ether oxygens (including phenoxy) is 1. The molecule has 152 valence electrons. The van der Waals surface area contributed by atoms with Crippen LogP contribution in [0.5, 0.6) is 0 Å². The van der Waals surface area contributed by atoms with Gasteiger partial charge < -0.3 is 10.1 Å². The first kappa shape index (κ1) is 22.1. The minimum absolute atomic E-state index is 0.204. The fourth-order valence-corrected chi connectivity index (χ4v) is 3.54. The molecule has 2 aromatic rings. The van der Waals surface area contributed by atoms with Crippen LogP contribution < -0.4 is 5.32 Å². The highest BCUT2D eigenvalue weighted by Crippen LogP contribution is 2.11. The Morgan fingerprint density at radius 1 is 1.07 bits per heavy atom. The topological polar surface area (TPSA) is 113 Å². The molecule has 2 aromatic carbocycles. The average molecular weight is 414 g/mol. The normalized spacial score (nSPS) is 11.9. The van der Waals surface area contributed by atoms with Crippen molar-refractivity contribution in [2.75, 3.05) is 12.3 Å². The molecule has 0 unspecified atom stereocenters. The van der Waals surface area contributed by atoms with Crippen LogP contribution in [0.3, 0.4) is 0 Å². The van der Waals surface area contributed by atoms with Crippen LogP contribution in [-0.2, 0) is 31.5 Å². The van der Waals surface area contributed by atoms with Gasteiger partial charge in [-0.25, -0.2) is 13.2 Å². The number of sulfone groups is 1. The van der Waals surface area contributed by atoms with Crippen molar-refractivity contribution in [1.29, 1.82) is 5.26 Å². The second-order valence-corrected chi connectivity index (χ2v) is 8.53.